The summed E-state index contributed by atoms with van der Waals surface area (Å²) in [4.78, 5) is 32.3. The molecule has 0 atom stereocenters. The standard InChI is InChI=1S/C26H25N3O4/c1-4-33-20-10-8-19(9-11-20)23-24(28-21-14-17(2)7-12-22(21)32-3)26(31)29(25(23)30)16-18-6-5-13-27-15-18/h5-15,28H,4,16H2,1-3H3. The van der Waals surface area contributed by atoms with Crippen molar-refractivity contribution in [1.82, 2.24) is 9.88 Å². The van der Waals surface area contributed by atoms with E-state index in [1.54, 1.807) is 49.8 Å². The summed E-state index contributed by atoms with van der Waals surface area (Å²) in [5.74, 6) is 0.490. The molecule has 0 saturated heterocycles. The van der Waals surface area contributed by atoms with E-state index in [1.807, 2.05) is 38.1 Å². The lowest BCUT2D eigenvalue weighted by atomic mass is 10.0. The van der Waals surface area contributed by atoms with Crippen molar-refractivity contribution in [2.75, 3.05) is 19.0 Å². The molecule has 33 heavy (non-hydrogen) atoms. The maximum Gasteiger partial charge on any atom is 0.278 e. The zero-order chi connectivity index (χ0) is 23.4. The number of pyridine rings is 1. The molecule has 168 valence electrons. The molecule has 0 unspecified atom stereocenters. The van der Waals surface area contributed by atoms with Crippen LogP contribution in [0.4, 0.5) is 5.69 Å². The number of rotatable bonds is 8. The van der Waals surface area contributed by atoms with E-state index in [0.29, 0.717) is 34.9 Å². The molecule has 0 aliphatic carbocycles. The normalized spacial score (nSPS) is 13.5. The summed E-state index contributed by atoms with van der Waals surface area (Å²) in [5, 5.41) is 3.18. The molecule has 1 N–H and O–H groups in total. The fourth-order valence-corrected chi connectivity index (χ4v) is 3.72. The van der Waals surface area contributed by atoms with Crippen LogP contribution in [0.3, 0.4) is 0 Å². The summed E-state index contributed by atoms with van der Waals surface area (Å²) in [5.41, 5.74) is 3.50. The quantitative estimate of drug-likeness (QED) is 0.526. The predicted octanol–water partition coefficient (Wildman–Crippen LogP) is 4.19. The van der Waals surface area contributed by atoms with Gasteiger partial charge in [0, 0.05) is 12.4 Å². The predicted molar refractivity (Wildman–Crippen MR) is 126 cm³/mol. The third-order valence-corrected chi connectivity index (χ3v) is 5.30. The van der Waals surface area contributed by atoms with Crippen LogP contribution in [0.1, 0.15) is 23.6 Å². The number of nitrogens with zero attached hydrogens (tertiary/aromatic N) is 2. The van der Waals surface area contributed by atoms with Crippen molar-refractivity contribution in [1.29, 1.82) is 0 Å². The highest BCUT2D eigenvalue weighted by molar-refractivity contribution is 6.36. The molecule has 1 aliphatic heterocycles. The van der Waals surface area contributed by atoms with Gasteiger partial charge in [-0.3, -0.25) is 19.5 Å². The van der Waals surface area contributed by atoms with Crippen molar-refractivity contribution in [3.63, 3.8) is 0 Å². The molecule has 7 nitrogen and oxygen atoms in total. The molecular formula is C26H25N3O4. The Balaban J connectivity index is 1.76. The summed E-state index contributed by atoms with van der Waals surface area (Å²) >= 11 is 0. The fraction of sp³-hybridized carbons (Fsp3) is 0.192. The maximum atomic E-state index is 13.5. The first-order valence-electron chi connectivity index (χ1n) is 10.7. The highest BCUT2D eigenvalue weighted by Crippen LogP contribution is 2.35. The van der Waals surface area contributed by atoms with Crippen molar-refractivity contribution in [2.24, 2.45) is 0 Å². The van der Waals surface area contributed by atoms with Crippen molar-refractivity contribution >= 4 is 23.1 Å². The molecule has 0 radical (unpaired) electrons. The maximum absolute atomic E-state index is 13.5. The summed E-state index contributed by atoms with van der Waals surface area (Å²) in [6.45, 7) is 4.52. The smallest absolute Gasteiger partial charge is 0.278 e. The molecule has 0 saturated carbocycles. The zero-order valence-electron chi connectivity index (χ0n) is 18.8. The van der Waals surface area contributed by atoms with Crippen molar-refractivity contribution < 1.29 is 19.1 Å². The number of nitrogens with one attached hydrogen (secondary N) is 1. The lowest BCUT2D eigenvalue weighted by Crippen LogP contribution is -2.32. The van der Waals surface area contributed by atoms with Gasteiger partial charge in [-0.15, -0.1) is 0 Å². The number of hydrogen-bond acceptors (Lipinski definition) is 6. The van der Waals surface area contributed by atoms with Crippen LogP contribution in [0.5, 0.6) is 11.5 Å². The van der Waals surface area contributed by atoms with Crippen LogP contribution >= 0.6 is 0 Å². The SMILES string of the molecule is CCOc1ccc(C2=C(Nc3cc(C)ccc3OC)C(=O)N(Cc3cccnc3)C2=O)cc1. The van der Waals surface area contributed by atoms with E-state index in [1.165, 1.54) is 4.90 Å². The third-order valence-electron chi connectivity index (χ3n) is 5.30. The van der Waals surface area contributed by atoms with Crippen molar-refractivity contribution in [3.05, 3.63) is 89.4 Å². The first-order chi connectivity index (χ1) is 16.0. The van der Waals surface area contributed by atoms with Gasteiger partial charge in [0.2, 0.25) is 0 Å². The number of imide groups is 1. The Morgan fingerprint density at radius 2 is 1.82 bits per heavy atom. The first kappa shape index (κ1) is 22.1. The van der Waals surface area contributed by atoms with Crippen LogP contribution in [0.15, 0.2) is 72.7 Å². The average Bonchev–Trinajstić information content (AvgIpc) is 3.05. The molecule has 2 heterocycles. The van der Waals surface area contributed by atoms with Crippen LogP contribution in [-0.4, -0.2) is 35.4 Å². The number of aryl methyl sites for hydroxylation is 1. The van der Waals surface area contributed by atoms with Gasteiger partial charge in [-0.05, 0) is 60.9 Å². The zero-order valence-corrected chi connectivity index (χ0v) is 18.8. The topological polar surface area (TPSA) is 80.8 Å². The van der Waals surface area contributed by atoms with Crippen molar-refractivity contribution in [2.45, 2.75) is 20.4 Å². The largest absolute Gasteiger partial charge is 0.495 e. The van der Waals surface area contributed by atoms with Crippen LogP contribution < -0.4 is 14.8 Å². The molecule has 1 aliphatic rings. The minimum Gasteiger partial charge on any atom is -0.495 e. The van der Waals surface area contributed by atoms with Gasteiger partial charge in [-0.25, -0.2) is 0 Å². The number of amides is 2. The average molecular weight is 444 g/mol. The van der Waals surface area contributed by atoms with Gasteiger partial charge in [-0.2, -0.15) is 0 Å². The molecule has 4 rings (SSSR count). The molecule has 1 aromatic heterocycles. The van der Waals surface area contributed by atoms with Gasteiger partial charge in [-0.1, -0.05) is 24.3 Å². The Morgan fingerprint density at radius 1 is 1.03 bits per heavy atom. The highest BCUT2D eigenvalue weighted by Gasteiger charge is 2.39. The van der Waals surface area contributed by atoms with Crippen molar-refractivity contribution in [3.8, 4) is 11.5 Å². The lowest BCUT2D eigenvalue weighted by molar-refractivity contribution is -0.137. The fourth-order valence-electron chi connectivity index (χ4n) is 3.72. The number of carbonyl (C=O) groups excluding carboxylic acids is 2. The van der Waals surface area contributed by atoms with Gasteiger partial charge in [0.1, 0.15) is 17.2 Å². The minimum absolute atomic E-state index is 0.127. The lowest BCUT2D eigenvalue weighted by Gasteiger charge is -2.16. The number of ether oxygens (including phenoxy) is 2. The summed E-state index contributed by atoms with van der Waals surface area (Å²) in [6, 6.07) is 16.4. The molecule has 2 aromatic carbocycles. The van der Waals surface area contributed by atoms with Gasteiger partial charge in [0.05, 0.1) is 31.5 Å². The summed E-state index contributed by atoms with van der Waals surface area (Å²) in [7, 11) is 1.56. The Hall–Kier alpha value is -4.13. The van der Waals surface area contributed by atoms with Crippen LogP contribution in [0.25, 0.3) is 5.57 Å². The van der Waals surface area contributed by atoms with Gasteiger partial charge >= 0.3 is 0 Å². The number of aromatic nitrogens is 1. The number of methoxy groups -OCH3 is 1. The third kappa shape index (κ3) is 4.57. The van der Waals surface area contributed by atoms with Crippen LogP contribution in [0, 0.1) is 6.92 Å². The van der Waals surface area contributed by atoms with E-state index in [2.05, 4.69) is 10.3 Å². The molecule has 0 fully saturated rings. The molecular weight excluding hydrogens is 418 g/mol. The van der Waals surface area contributed by atoms with Crippen LogP contribution in [0.2, 0.25) is 0 Å². The Morgan fingerprint density at radius 3 is 2.48 bits per heavy atom. The van der Waals surface area contributed by atoms with Crippen LogP contribution in [-0.2, 0) is 16.1 Å². The minimum atomic E-state index is -0.406. The van der Waals surface area contributed by atoms with E-state index in [4.69, 9.17) is 9.47 Å². The molecule has 2 amide bonds. The second-order valence-electron chi connectivity index (χ2n) is 7.59. The Bertz CT molecular complexity index is 1200. The van der Waals surface area contributed by atoms with Gasteiger partial charge in [0.15, 0.2) is 0 Å². The number of hydrogen-bond donors (Lipinski definition) is 1. The number of anilines is 1. The summed E-state index contributed by atoms with van der Waals surface area (Å²) in [6.07, 6.45) is 3.30. The van der Waals surface area contributed by atoms with E-state index in [0.717, 1.165) is 11.1 Å². The van der Waals surface area contributed by atoms with Gasteiger partial charge in [0.25, 0.3) is 11.8 Å². The molecule has 0 spiro atoms. The van der Waals surface area contributed by atoms with E-state index in [-0.39, 0.29) is 18.1 Å². The van der Waals surface area contributed by atoms with E-state index < -0.39 is 5.91 Å². The Labute approximate surface area is 192 Å². The second-order valence-corrected chi connectivity index (χ2v) is 7.59. The van der Waals surface area contributed by atoms with E-state index in [9.17, 15) is 9.59 Å². The van der Waals surface area contributed by atoms with E-state index >= 15 is 0 Å². The molecule has 0 bridgehead atoms. The molecule has 3 aromatic rings. The first-order valence-corrected chi connectivity index (χ1v) is 10.7. The Kier molecular flexibility index (Phi) is 6.40. The highest BCUT2D eigenvalue weighted by atomic mass is 16.5. The number of benzene rings is 2. The summed E-state index contributed by atoms with van der Waals surface area (Å²) < 4.78 is 11.0. The second kappa shape index (κ2) is 9.56. The molecule has 7 heteroatoms. The monoisotopic (exact) mass is 443 g/mol. The number of carbonyl (C=O) groups is 2. The van der Waals surface area contributed by atoms with Gasteiger partial charge < -0.3 is 14.8 Å².